The molecule has 168 valence electrons. The van der Waals surface area contributed by atoms with Crippen LogP contribution in [0.1, 0.15) is 12.5 Å². The molecule has 2 N–H and O–H groups in total. The Morgan fingerprint density at radius 3 is 2.31 bits per heavy atom. The molecule has 3 aromatic carbocycles. The highest BCUT2D eigenvalue weighted by Gasteiger charge is 2.27. The Bertz CT molecular complexity index is 1170. The third kappa shape index (κ3) is 6.23. The van der Waals surface area contributed by atoms with Crippen molar-refractivity contribution in [3.63, 3.8) is 0 Å². The summed E-state index contributed by atoms with van der Waals surface area (Å²) in [6.07, 6.45) is 0.140. The van der Waals surface area contributed by atoms with Crippen LogP contribution in [-0.2, 0) is 21.2 Å². The van der Waals surface area contributed by atoms with Gasteiger partial charge >= 0.3 is 0 Å². The van der Waals surface area contributed by atoms with E-state index >= 15 is 0 Å². The lowest BCUT2D eigenvalue weighted by atomic mass is 10.1. The van der Waals surface area contributed by atoms with Crippen molar-refractivity contribution in [2.24, 2.45) is 0 Å². The minimum absolute atomic E-state index is 0.0209. The highest BCUT2D eigenvalue weighted by molar-refractivity contribution is 7.89. The van der Waals surface area contributed by atoms with Crippen molar-refractivity contribution in [2.75, 3.05) is 11.9 Å². The van der Waals surface area contributed by atoms with Gasteiger partial charge in [0, 0.05) is 0 Å². The second-order valence-electron chi connectivity index (χ2n) is 6.86. The maximum Gasteiger partial charge on any atom is 0.242 e. The van der Waals surface area contributed by atoms with Crippen LogP contribution in [0.4, 0.5) is 5.69 Å². The number of hydrogen-bond donors (Lipinski definition) is 2. The third-order valence-electron chi connectivity index (χ3n) is 4.55. The van der Waals surface area contributed by atoms with Crippen LogP contribution >= 0.6 is 23.2 Å². The minimum Gasteiger partial charge on any atom is -0.494 e. The molecule has 32 heavy (non-hydrogen) atoms. The normalized spacial score (nSPS) is 12.2. The maximum atomic E-state index is 13.1. The van der Waals surface area contributed by atoms with Crippen molar-refractivity contribution in [3.05, 3.63) is 88.4 Å². The summed E-state index contributed by atoms with van der Waals surface area (Å²) in [5.74, 6) is -0.00634. The van der Waals surface area contributed by atoms with E-state index in [2.05, 4.69) is 10.0 Å². The summed E-state index contributed by atoms with van der Waals surface area (Å²) in [6.45, 7) is 2.31. The van der Waals surface area contributed by atoms with Crippen LogP contribution in [0.5, 0.6) is 5.75 Å². The molecule has 1 atom stereocenters. The Labute approximate surface area is 197 Å². The zero-order valence-electron chi connectivity index (χ0n) is 17.2. The largest absolute Gasteiger partial charge is 0.494 e. The topological polar surface area (TPSA) is 84.5 Å². The lowest BCUT2D eigenvalue weighted by Crippen LogP contribution is -2.45. The summed E-state index contributed by atoms with van der Waals surface area (Å²) < 4.78 is 33.9. The van der Waals surface area contributed by atoms with Crippen molar-refractivity contribution in [1.82, 2.24) is 4.72 Å². The van der Waals surface area contributed by atoms with E-state index in [9.17, 15) is 13.2 Å². The second-order valence-corrected chi connectivity index (χ2v) is 9.36. The first kappa shape index (κ1) is 24.1. The number of anilines is 1. The smallest absolute Gasteiger partial charge is 0.242 e. The molecule has 9 heteroatoms. The van der Waals surface area contributed by atoms with E-state index in [1.54, 1.807) is 30.3 Å². The molecule has 0 aliphatic carbocycles. The molecule has 6 nitrogen and oxygen atoms in total. The Balaban J connectivity index is 1.86. The molecule has 1 amide bonds. The summed E-state index contributed by atoms with van der Waals surface area (Å²) in [5, 5.41) is 3.12. The molecule has 0 saturated carbocycles. The highest BCUT2D eigenvalue weighted by atomic mass is 35.5. The number of sulfonamides is 1. The Morgan fingerprint density at radius 1 is 0.969 bits per heavy atom. The number of rotatable bonds is 9. The van der Waals surface area contributed by atoms with Crippen LogP contribution in [0, 0.1) is 0 Å². The number of carbonyl (C=O) groups excluding carboxylic acids is 1. The predicted octanol–water partition coefficient (Wildman–Crippen LogP) is 4.92. The molecular formula is C23H22Cl2N2O4S. The molecule has 0 saturated heterocycles. The van der Waals surface area contributed by atoms with Gasteiger partial charge in [0.15, 0.2) is 0 Å². The molecule has 0 spiro atoms. The van der Waals surface area contributed by atoms with Crippen molar-refractivity contribution < 1.29 is 17.9 Å². The zero-order chi connectivity index (χ0) is 23.1. The lowest BCUT2D eigenvalue weighted by molar-refractivity contribution is -0.117. The van der Waals surface area contributed by atoms with E-state index in [1.165, 1.54) is 12.1 Å². The average molecular weight is 493 g/mol. The van der Waals surface area contributed by atoms with Crippen LogP contribution in [0.15, 0.2) is 77.7 Å². The maximum absolute atomic E-state index is 13.1. The van der Waals surface area contributed by atoms with E-state index in [-0.39, 0.29) is 21.4 Å². The summed E-state index contributed by atoms with van der Waals surface area (Å²) in [5.41, 5.74) is 1.08. The zero-order valence-corrected chi connectivity index (χ0v) is 19.5. The number of ether oxygens (including phenoxy) is 1. The molecule has 0 radical (unpaired) electrons. The second kappa shape index (κ2) is 10.8. The summed E-state index contributed by atoms with van der Waals surface area (Å²) in [6, 6.07) is 18.8. The van der Waals surface area contributed by atoms with Gasteiger partial charge in [-0.25, -0.2) is 8.42 Å². The molecule has 0 aliphatic rings. The molecule has 0 heterocycles. The van der Waals surface area contributed by atoms with Crippen LogP contribution in [0.25, 0.3) is 0 Å². The molecule has 0 aliphatic heterocycles. The fourth-order valence-corrected chi connectivity index (χ4v) is 4.54. The van der Waals surface area contributed by atoms with Crippen LogP contribution in [0.2, 0.25) is 10.0 Å². The van der Waals surface area contributed by atoms with Crippen molar-refractivity contribution >= 4 is 44.8 Å². The molecular weight excluding hydrogens is 471 g/mol. The number of carbonyl (C=O) groups is 1. The van der Waals surface area contributed by atoms with Gasteiger partial charge in [0.05, 0.1) is 27.2 Å². The number of nitrogens with one attached hydrogen (secondary N) is 2. The molecule has 0 fully saturated rings. The van der Waals surface area contributed by atoms with E-state index < -0.39 is 22.0 Å². The molecule has 3 rings (SSSR count). The molecule has 3 aromatic rings. The van der Waals surface area contributed by atoms with Crippen LogP contribution in [0.3, 0.4) is 0 Å². The van der Waals surface area contributed by atoms with Gasteiger partial charge < -0.3 is 10.1 Å². The molecule has 0 bridgehead atoms. The first-order chi connectivity index (χ1) is 15.3. The van der Waals surface area contributed by atoms with Gasteiger partial charge in [-0.15, -0.1) is 0 Å². The Morgan fingerprint density at radius 2 is 1.66 bits per heavy atom. The van der Waals surface area contributed by atoms with Crippen molar-refractivity contribution in [2.45, 2.75) is 24.3 Å². The number of amides is 1. The summed E-state index contributed by atoms with van der Waals surface area (Å²) in [4.78, 5) is 13.1. The van der Waals surface area contributed by atoms with E-state index in [4.69, 9.17) is 27.9 Å². The fourth-order valence-electron chi connectivity index (χ4n) is 2.99. The van der Waals surface area contributed by atoms with E-state index in [0.29, 0.717) is 18.0 Å². The molecule has 0 unspecified atom stereocenters. The van der Waals surface area contributed by atoms with Crippen molar-refractivity contribution in [1.29, 1.82) is 0 Å². The van der Waals surface area contributed by atoms with Gasteiger partial charge in [-0.1, -0.05) is 59.6 Å². The summed E-state index contributed by atoms with van der Waals surface area (Å²) >= 11 is 12.2. The number of benzene rings is 3. The average Bonchev–Trinajstić information content (AvgIpc) is 2.77. The highest BCUT2D eigenvalue weighted by Crippen LogP contribution is 2.29. The van der Waals surface area contributed by atoms with Crippen LogP contribution < -0.4 is 14.8 Å². The Hall–Kier alpha value is -2.58. The monoisotopic (exact) mass is 492 g/mol. The standard InChI is InChI=1S/C23H22Cl2N2O4S/c1-2-31-17-11-13-18(14-12-17)32(29,30)27-21(15-16-7-4-3-5-8-16)23(28)26-20-10-6-9-19(24)22(20)25/h3-14,21,27H,2,15H2,1H3,(H,26,28)/t21-/m1/s1. The minimum atomic E-state index is -3.99. The van der Waals surface area contributed by atoms with Crippen molar-refractivity contribution in [3.8, 4) is 5.75 Å². The lowest BCUT2D eigenvalue weighted by Gasteiger charge is -2.19. The molecule has 0 aromatic heterocycles. The van der Waals surface area contributed by atoms with Gasteiger partial charge in [-0.05, 0) is 55.3 Å². The fraction of sp³-hybridized carbons (Fsp3) is 0.174. The van der Waals surface area contributed by atoms with E-state index in [0.717, 1.165) is 5.56 Å². The van der Waals surface area contributed by atoms with Gasteiger partial charge in [0.1, 0.15) is 11.8 Å². The van der Waals surface area contributed by atoms with Gasteiger partial charge in [-0.2, -0.15) is 4.72 Å². The van der Waals surface area contributed by atoms with Gasteiger partial charge in [0.25, 0.3) is 0 Å². The number of halogens is 2. The Kier molecular flexibility index (Phi) is 8.15. The SMILES string of the molecule is CCOc1ccc(S(=O)(=O)N[C@H](Cc2ccccc2)C(=O)Nc2cccc(Cl)c2Cl)cc1. The van der Waals surface area contributed by atoms with Crippen LogP contribution in [-0.4, -0.2) is 27.0 Å². The predicted molar refractivity (Wildman–Crippen MR) is 127 cm³/mol. The first-order valence-corrected chi connectivity index (χ1v) is 12.1. The van der Waals surface area contributed by atoms with Gasteiger partial charge in [0.2, 0.25) is 15.9 Å². The number of hydrogen-bond acceptors (Lipinski definition) is 4. The third-order valence-corrected chi connectivity index (χ3v) is 6.86. The quantitative estimate of drug-likeness (QED) is 0.443. The summed E-state index contributed by atoms with van der Waals surface area (Å²) in [7, 11) is -3.99. The van der Waals surface area contributed by atoms with Gasteiger partial charge in [-0.3, -0.25) is 4.79 Å². The van der Waals surface area contributed by atoms with E-state index in [1.807, 2.05) is 37.3 Å². The first-order valence-electron chi connectivity index (χ1n) is 9.84.